The predicted molar refractivity (Wildman–Crippen MR) is 102 cm³/mol. The fourth-order valence-electron chi connectivity index (χ4n) is 3.01. The SMILES string of the molecule is C=CC(Oc1ccc(S2(Cl)CCCC2)cc1C)c1ccccc1. The molecular formula is C20H23ClOS. The van der Waals surface area contributed by atoms with E-state index in [1.807, 2.05) is 24.3 Å². The zero-order valence-electron chi connectivity index (χ0n) is 13.5. The lowest BCUT2D eigenvalue weighted by Gasteiger charge is -2.28. The van der Waals surface area contributed by atoms with E-state index >= 15 is 0 Å². The molecule has 1 unspecified atom stereocenters. The van der Waals surface area contributed by atoms with Gasteiger partial charge in [0.25, 0.3) is 0 Å². The molecule has 3 rings (SSSR count). The largest absolute Gasteiger partial charge is 0.481 e. The minimum atomic E-state index is -1.11. The molecule has 0 amide bonds. The van der Waals surface area contributed by atoms with Gasteiger partial charge in [-0.3, -0.25) is 0 Å². The molecule has 0 spiro atoms. The highest BCUT2D eigenvalue weighted by Gasteiger charge is 2.28. The van der Waals surface area contributed by atoms with Crippen LogP contribution in [0.4, 0.5) is 0 Å². The molecule has 1 heterocycles. The van der Waals surface area contributed by atoms with Crippen LogP contribution in [-0.2, 0) is 0 Å². The molecule has 0 aliphatic carbocycles. The molecule has 3 heteroatoms. The maximum Gasteiger partial charge on any atom is 0.142 e. The van der Waals surface area contributed by atoms with Gasteiger partial charge in [0.1, 0.15) is 11.9 Å². The van der Waals surface area contributed by atoms with Crippen LogP contribution in [-0.4, -0.2) is 11.5 Å². The van der Waals surface area contributed by atoms with E-state index < -0.39 is 9.24 Å². The zero-order chi connectivity index (χ0) is 16.3. The van der Waals surface area contributed by atoms with Crippen LogP contribution in [0.15, 0.2) is 66.1 Å². The van der Waals surface area contributed by atoms with E-state index in [4.69, 9.17) is 15.4 Å². The van der Waals surface area contributed by atoms with Crippen LogP contribution in [0.25, 0.3) is 0 Å². The lowest BCUT2D eigenvalue weighted by atomic mass is 10.1. The van der Waals surface area contributed by atoms with Crippen LogP contribution in [0, 0.1) is 6.92 Å². The monoisotopic (exact) mass is 346 g/mol. The fraction of sp³-hybridized carbons (Fsp3) is 0.300. The lowest BCUT2D eigenvalue weighted by Crippen LogP contribution is -2.05. The van der Waals surface area contributed by atoms with Gasteiger partial charge >= 0.3 is 0 Å². The smallest absolute Gasteiger partial charge is 0.142 e. The Labute approximate surface area is 145 Å². The third-order valence-corrected chi connectivity index (χ3v) is 8.78. The standard InChI is InChI=1S/C20H23ClOS/c1-3-19(17-9-5-4-6-10-17)22-20-12-11-18(15-16(20)2)23(21)13-7-8-14-23/h3-6,9-12,15,19H,1,7-8,13-14H2,2H3. The van der Waals surface area contributed by atoms with E-state index in [0.29, 0.717) is 0 Å². The Bertz CT molecular complexity index is 677. The molecule has 1 fully saturated rings. The Morgan fingerprint density at radius 1 is 1.13 bits per heavy atom. The average molecular weight is 347 g/mol. The molecule has 1 saturated heterocycles. The minimum Gasteiger partial charge on any atom is -0.481 e. The highest BCUT2D eigenvalue weighted by atomic mass is 35.7. The quantitative estimate of drug-likeness (QED) is 0.568. The maximum atomic E-state index is 6.88. The predicted octanol–water partition coefficient (Wildman–Crippen LogP) is 6.41. The van der Waals surface area contributed by atoms with Gasteiger partial charge in [-0.25, -0.2) is 0 Å². The first-order valence-corrected chi connectivity index (χ1v) is 10.9. The normalized spacial score (nSPS) is 19.0. The maximum absolute atomic E-state index is 6.88. The number of hydrogen-bond acceptors (Lipinski definition) is 1. The van der Waals surface area contributed by atoms with Crippen LogP contribution in [0.1, 0.15) is 30.1 Å². The summed E-state index contributed by atoms with van der Waals surface area (Å²) in [6.45, 7) is 6.01. The van der Waals surface area contributed by atoms with Crippen LogP contribution < -0.4 is 4.74 Å². The molecule has 1 aliphatic heterocycles. The van der Waals surface area contributed by atoms with Gasteiger partial charge in [0.05, 0.1) is 0 Å². The van der Waals surface area contributed by atoms with Crippen LogP contribution in [0.3, 0.4) is 0 Å². The summed E-state index contributed by atoms with van der Waals surface area (Å²) in [6, 6.07) is 16.6. The Kier molecular flexibility index (Phi) is 5.03. The van der Waals surface area contributed by atoms with Gasteiger partial charge in [0, 0.05) is 4.90 Å². The number of halogens is 1. The number of aryl methyl sites for hydroxylation is 1. The van der Waals surface area contributed by atoms with Gasteiger partial charge in [-0.2, -0.15) is 0 Å². The van der Waals surface area contributed by atoms with Gasteiger partial charge in [-0.15, -0.1) is 9.24 Å². The summed E-state index contributed by atoms with van der Waals surface area (Å²) in [5.41, 5.74) is 2.26. The average Bonchev–Trinajstić information content (AvgIpc) is 3.02. The molecule has 0 saturated carbocycles. The molecule has 0 bridgehead atoms. The molecule has 2 aromatic rings. The van der Waals surface area contributed by atoms with Crippen molar-refractivity contribution in [1.82, 2.24) is 0 Å². The molecule has 1 atom stereocenters. The topological polar surface area (TPSA) is 9.23 Å². The molecule has 122 valence electrons. The first kappa shape index (κ1) is 16.5. The zero-order valence-corrected chi connectivity index (χ0v) is 15.1. The highest BCUT2D eigenvalue weighted by Crippen LogP contribution is 2.64. The molecule has 1 aliphatic rings. The third-order valence-electron chi connectivity index (χ3n) is 4.35. The van der Waals surface area contributed by atoms with Crippen LogP contribution in [0.2, 0.25) is 0 Å². The first-order chi connectivity index (χ1) is 11.1. The summed E-state index contributed by atoms with van der Waals surface area (Å²) in [4.78, 5) is 1.30. The van der Waals surface area contributed by atoms with Crippen molar-refractivity contribution >= 4 is 19.9 Å². The van der Waals surface area contributed by atoms with Gasteiger partial charge in [0.15, 0.2) is 0 Å². The number of ether oxygens (including phenoxy) is 1. The lowest BCUT2D eigenvalue weighted by molar-refractivity contribution is 0.254. The second-order valence-electron chi connectivity index (χ2n) is 6.02. The molecule has 0 aromatic heterocycles. The third kappa shape index (κ3) is 3.59. The molecule has 2 aromatic carbocycles. The van der Waals surface area contributed by atoms with E-state index in [-0.39, 0.29) is 6.10 Å². The van der Waals surface area contributed by atoms with Crippen molar-refractivity contribution in [3.63, 3.8) is 0 Å². The minimum absolute atomic E-state index is 0.135. The second kappa shape index (κ2) is 7.02. The number of hydrogen-bond donors (Lipinski definition) is 0. The van der Waals surface area contributed by atoms with Crippen molar-refractivity contribution in [2.45, 2.75) is 30.8 Å². The van der Waals surface area contributed by atoms with Crippen molar-refractivity contribution in [3.05, 3.63) is 72.3 Å². The van der Waals surface area contributed by atoms with Crippen LogP contribution in [0.5, 0.6) is 5.75 Å². The van der Waals surface area contributed by atoms with E-state index in [9.17, 15) is 0 Å². The number of benzene rings is 2. The summed E-state index contributed by atoms with van der Waals surface area (Å²) in [5, 5.41) is 0. The fourth-order valence-corrected chi connectivity index (χ4v) is 6.65. The van der Waals surface area contributed by atoms with E-state index in [1.54, 1.807) is 0 Å². The molecule has 0 N–H and O–H groups in total. The first-order valence-electron chi connectivity index (χ1n) is 8.05. The van der Waals surface area contributed by atoms with Crippen molar-refractivity contribution in [3.8, 4) is 5.75 Å². The summed E-state index contributed by atoms with van der Waals surface area (Å²) >= 11 is 0. The molecule has 23 heavy (non-hydrogen) atoms. The van der Waals surface area contributed by atoms with Crippen molar-refractivity contribution in [1.29, 1.82) is 0 Å². The Morgan fingerprint density at radius 3 is 2.43 bits per heavy atom. The van der Waals surface area contributed by atoms with Gasteiger partial charge in [-0.1, -0.05) is 47.6 Å². The number of rotatable bonds is 5. The van der Waals surface area contributed by atoms with Crippen molar-refractivity contribution in [2.75, 3.05) is 11.5 Å². The summed E-state index contributed by atoms with van der Waals surface area (Å²) in [6.07, 6.45) is 4.21. The Morgan fingerprint density at radius 2 is 1.83 bits per heavy atom. The molecular weight excluding hydrogens is 324 g/mol. The van der Waals surface area contributed by atoms with E-state index in [1.165, 1.54) is 17.7 Å². The Balaban J connectivity index is 1.82. The highest BCUT2D eigenvalue weighted by molar-refractivity contribution is 8.51. The molecule has 0 radical (unpaired) electrons. The van der Waals surface area contributed by atoms with Crippen LogP contribution >= 0.6 is 19.9 Å². The van der Waals surface area contributed by atoms with Crippen molar-refractivity contribution in [2.24, 2.45) is 0 Å². The van der Waals surface area contributed by atoms with Gasteiger partial charge in [-0.05, 0) is 66.7 Å². The van der Waals surface area contributed by atoms with E-state index in [0.717, 1.165) is 28.4 Å². The van der Waals surface area contributed by atoms with Gasteiger partial charge in [0.2, 0.25) is 0 Å². The van der Waals surface area contributed by atoms with Crippen molar-refractivity contribution < 1.29 is 4.74 Å². The summed E-state index contributed by atoms with van der Waals surface area (Å²) in [7, 11) is 5.76. The van der Waals surface area contributed by atoms with Gasteiger partial charge < -0.3 is 4.74 Å². The summed E-state index contributed by atoms with van der Waals surface area (Å²) in [5.74, 6) is 3.20. The summed E-state index contributed by atoms with van der Waals surface area (Å²) < 4.78 is 6.18. The molecule has 1 nitrogen and oxygen atoms in total. The Hall–Kier alpha value is -1.38. The van der Waals surface area contributed by atoms with E-state index in [2.05, 4.69) is 43.8 Å². The second-order valence-corrected chi connectivity index (χ2v) is 10.7.